The van der Waals surface area contributed by atoms with Crippen LogP contribution in [0.5, 0.6) is 5.75 Å². The van der Waals surface area contributed by atoms with Gasteiger partial charge in [0.25, 0.3) is 5.91 Å². The molecule has 5 heteroatoms. The molecule has 0 bridgehead atoms. The molecule has 0 heterocycles. The van der Waals surface area contributed by atoms with Gasteiger partial charge in [-0.3, -0.25) is 4.79 Å². The number of nitrogens with zero attached hydrogens (tertiary/aromatic N) is 1. The summed E-state index contributed by atoms with van der Waals surface area (Å²) in [4.78, 5) is 16.9. The molecule has 0 unspecified atom stereocenters. The normalized spacial score (nSPS) is 10.6. The molecule has 23 heavy (non-hydrogen) atoms. The van der Waals surface area contributed by atoms with E-state index >= 15 is 0 Å². The second-order valence-electron chi connectivity index (χ2n) is 5.12. The van der Waals surface area contributed by atoms with Crippen LogP contribution in [0.2, 0.25) is 0 Å². The van der Waals surface area contributed by atoms with Gasteiger partial charge in [-0.2, -0.15) is 0 Å². The van der Waals surface area contributed by atoms with E-state index in [1.54, 1.807) is 7.11 Å². The Morgan fingerprint density at radius 2 is 2.00 bits per heavy atom. The van der Waals surface area contributed by atoms with E-state index in [2.05, 4.69) is 10.5 Å². The summed E-state index contributed by atoms with van der Waals surface area (Å²) in [5, 5.41) is 6.60. The number of benzene rings is 2. The molecule has 0 aliphatic rings. The lowest BCUT2D eigenvalue weighted by molar-refractivity contribution is -0.120. The van der Waals surface area contributed by atoms with Crippen LogP contribution in [0, 0.1) is 13.8 Å². The number of hydrogen-bond acceptors (Lipinski definition) is 4. The van der Waals surface area contributed by atoms with Crippen LogP contribution >= 0.6 is 0 Å². The highest BCUT2D eigenvalue weighted by Crippen LogP contribution is 2.16. The zero-order valence-electron chi connectivity index (χ0n) is 13.5. The predicted octanol–water partition coefficient (Wildman–Crippen LogP) is 3.30. The fraction of sp³-hybridized carbons (Fsp3) is 0.222. The van der Waals surface area contributed by atoms with Crippen LogP contribution < -0.4 is 10.1 Å². The third kappa shape index (κ3) is 4.85. The van der Waals surface area contributed by atoms with E-state index in [1.807, 2.05) is 56.3 Å². The summed E-state index contributed by atoms with van der Waals surface area (Å²) in [5.74, 6) is 0.439. The SMILES string of the molecule is COc1ccccc1/C=N\OCC(=O)Nc1ccc(C)cc1C. The van der Waals surface area contributed by atoms with E-state index < -0.39 is 0 Å². The molecule has 0 aliphatic carbocycles. The van der Waals surface area contributed by atoms with Gasteiger partial charge < -0.3 is 14.9 Å². The monoisotopic (exact) mass is 312 g/mol. The van der Waals surface area contributed by atoms with Crippen molar-refractivity contribution in [2.45, 2.75) is 13.8 Å². The van der Waals surface area contributed by atoms with E-state index in [1.165, 1.54) is 6.21 Å². The zero-order valence-corrected chi connectivity index (χ0v) is 13.5. The Balaban J connectivity index is 1.86. The molecule has 0 fully saturated rings. The van der Waals surface area contributed by atoms with E-state index in [4.69, 9.17) is 9.57 Å². The minimum atomic E-state index is -0.255. The number of oxime groups is 1. The number of para-hydroxylation sites is 1. The zero-order chi connectivity index (χ0) is 16.7. The predicted molar refractivity (Wildman–Crippen MR) is 91.1 cm³/mol. The quantitative estimate of drug-likeness (QED) is 0.657. The van der Waals surface area contributed by atoms with Crippen molar-refractivity contribution in [1.29, 1.82) is 0 Å². The smallest absolute Gasteiger partial charge is 0.265 e. The standard InChI is InChI=1S/C18H20N2O3/c1-13-8-9-16(14(2)10-13)20-18(21)12-23-19-11-15-6-4-5-7-17(15)22-3/h4-11H,12H2,1-3H3,(H,20,21)/b19-11-. The molecule has 1 amide bonds. The number of ether oxygens (including phenoxy) is 1. The molecule has 0 saturated heterocycles. The van der Waals surface area contributed by atoms with Crippen LogP contribution in [0.1, 0.15) is 16.7 Å². The summed E-state index contributed by atoms with van der Waals surface area (Å²) in [6, 6.07) is 13.3. The molecule has 0 saturated carbocycles. The van der Waals surface area contributed by atoms with Gasteiger partial charge in [0.1, 0.15) is 5.75 Å². The van der Waals surface area contributed by atoms with Gasteiger partial charge in [0, 0.05) is 11.3 Å². The first-order chi connectivity index (χ1) is 11.1. The Morgan fingerprint density at radius 3 is 2.74 bits per heavy atom. The van der Waals surface area contributed by atoms with Crippen molar-refractivity contribution in [2.24, 2.45) is 5.16 Å². The molecule has 1 N–H and O–H groups in total. The van der Waals surface area contributed by atoms with Gasteiger partial charge in [0.2, 0.25) is 0 Å². The van der Waals surface area contributed by atoms with Crippen LogP contribution in [0.3, 0.4) is 0 Å². The van der Waals surface area contributed by atoms with Crippen molar-refractivity contribution < 1.29 is 14.4 Å². The highest BCUT2D eigenvalue weighted by molar-refractivity contribution is 5.92. The van der Waals surface area contributed by atoms with Gasteiger partial charge >= 0.3 is 0 Å². The van der Waals surface area contributed by atoms with Gasteiger partial charge in [-0.25, -0.2) is 0 Å². The molecule has 0 atom stereocenters. The molecule has 0 aromatic heterocycles. The third-order valence-electron chi connectivity index (χ3n) is 3.26. The van der Waals surface area contributed by atoms with Crippen molar-refractivity contribution in [1.82, 2.24) is 0 Å². The second-order valence-corrected chi connectivity index (χ2v) is 5.12. The first-order valence-electron chi connectivity index (χ1n) is 7.25. The van der Waals surface area contributed by atoms with Crippen molar-refractivity contribution in [3.8, 4) is 5.75 Å². The highest BCUT2D eigenvalue weighted by atomic mass is 16.6. The van der Waals surface area contributed by atoms with Crippen LogP contribution in [-0.2, 0) is 9.63 Å². The van der Waals surface area contributed by atoms with Gasteiger partial charge in [-0.15, -0.1) is 0 Å². The molecule has 0 spiro atoms. The Kier molecular flexibility index (Phi) is 5.74. The van der Waals surface area contributed by atoms with Crippen LogP contribution in [-0.4, -0.2) is 25.8 Å². The Hall–Kier alpha value is -2.82. The number of anilines is 1. The lowest BCUT2D eigenvalue weighted by Crippen LogP contribution is -2.17. The summed E-state index contributed by atoms with van der Waals surface area (Å²) in [6.07, 6.45) is 1.52. The summed E-state index contributed by atoms with van der Waals surface area (Å²) < 4.78 is 5.20. The number of carbonyl (C=O) groups is 1. The lowest BCUT2D eigenvalue weighted by Gasteiger charge is -2.08. The molecule has 120 valence electrons. The molecule has 5 nitrogen and oxygen atoms in total. The van der Waals surface area contributed by atoms with Gasteiger partial charge in [-0.1, -0.05) is 35.0 Å². The van der Waals surface area contributed by atoms with Crippen LogP contribution in [0.25, 0.3) is 0 Å². The fourth-order valence-electron chi connectivity index (χ4n) is 2.10. The number of rotatable bonds is 6. The molecular weight excluding hydrogens is 292 g/mol. The Bertz CT molecular complexity index is 711. The molecule has 0 aliphatic heterocycles. The average Bonchev–Trinajstić information content (AvgIpc) is 2.54. The fourth-order valence-corrected chi connectivity index (χ4v) is 2.10. The summed E-state index contributed by atoms with van der Waals surface area (Å²) in [5.41, 5.74) is 3.72. The minimum Gasteiger partial charge on any atom is -0.496 e. The molecule has 0 radical (unpaired) electrons. The first kappa shape index (κ1) is 16.5. The van der Waals surface area contributed by atoms with E-state index in [0.29, 0.717) is 5.75 Å². The maximum atomic E-state index is 11.8. The maximum absolute atomic E-state index is 11.8. The number of nitrogens with one attached hydrogen (secondary N) is 1. The number of hydrogen-bond donors (Lipinski definition) is 1. The van der Waals surface area contributed by atoms with Crippen LogP contribution in [0.4, 0.5) is 5.69 Å². The number of carbonyl (C=O) groups excluding carboxylic acids is 1. The second kappa shape index (κ2) is 7.98. The van der Waals surface area contributed by atoms with E-state index in [0.717, 1.165) is 22.4 Å². The average molecular weight is 312 g/mol. The van der Waals surface area contributed by atoms with Crippen LogP contribution in [0.15, 0.2) is 47.6 Å². The Labute approximate surface area is 135 Å². The van der Waals surface area contributed by atoms with E-state index in [-0.39, 0.29) is 12.5 Å². The topological polar surface area (TPSA) is 59.9 Å². The van der Waals surface area contributed by atoms with Gasteiger partial charge in [0.05, 0.1) is 13.3 Å². The van der Waals surface area contributed by atoms with Gasteiger partial charge in [0.15, 0.2) is 6.61 Å². The maximum Gasteiger partial charge on any atom is 0.265 e. The summed E-state index contributed by atoms with van der Waals surface area (Å²) in [6.45, 7) is 3.80. The summed E-state index contributed by atoms with van der Waals surface area (Å²) >= 11 is 0. The highest BCUT2D eigenvalue weighted by Gasteiger charge is 2.05. The van der Waals surface area contributed by atoms with E-state index in [9.17, 15) is 4.79 Å². The third-order valence-corrected chi connectivity index (χ3v) is 3.26. The number of methoxy groups -OCH3 is 1. The van der Waals surface area contributed by atoms with Crippen molar-refractivity contribution in [3.05, 3.63) is 59.2 Å². The summed E-state index contributed by atoms with van der Waals surface area (Å²) in [7, 11) is 1.59. The molecule has 2 rings (SSSR count). The Morgan fingerprint density at radius 1 is 1.22 bits per heavy atom. The number of amides is 1. The number of aryl methyl sites for hydroxylation is 2. The van der Waals surface area contributed by atoms with Crippen molar-refractivity contribution in [2.75, 3.05) is 19.0 Å². The molecular formula is C18H20N2O3. The largest absolute Gasteiger partial charge is 0.496 e. The molecule has 2 aromatic rings. The van der Waals surface area contributed by atoms with Crippen molar-refractivity contribution in [3.63, 3.8) is 0 Å². The van der Waals surface area contributed by atoms with Gasteiger partial charge in [-0.05, 0) is 37.6 Å². The minimum absolute atomic E-state index is 0.154. The molecule has 2 aromatic carbocycles. The first-order valence-corrected chi connectivity index (χ1v) is 7.25. The lowest BCUT2D eigenvalue weighted by atomic mass is 10.1. The van der Waals surface area contributed by atoms with Crippen molar-refractivity contribution >= 4 is 17.8 Å².